The molecule has 152 valence electrons. The molecule has 9 heteroatoms. The van der Waals surface area contributed by atoms with Gasteiger partial charge in [0.25, 0.3) is 0 Å². The van der Waals surface area contributed by atoms with Crippen LogP contribution in [0.3, 0.4) is 0 Å². The van der Waals surface area contributed by atoms with Gasteiger partial charge in [-0.3, -0.25) is 4.99 Å². The largest absolute Gasteiger partial charge is 0.497 e. The average molecular weight is 425 g/mol. The number of rotatable bonds is 8. The Morgan fingerprint density at radius 2 is 1.86 bits per heavy atom. The first-order valence-electron chi connectivity index (χ1n) is 8.69. The molecule has 0 aliphatic rings. The molecule has 0 saturated heterocycles. The molecule has 0 atom stereocenters. The summed E-state index contributed by atoms with van der Waals surface area (Å²) >= 11 is 6.25. The zero-order valence-electron chi connectivity index (χ0n) is 16.1. The Bertz CT molecular complexity index is 915. The maximum absolute atomic E-state index is 11.7. The van der Waals surface area contributed by atoms with Crippen molar-refractivity contribution in [2.75, 3.05) is 27.7 Å². The Balaban J connectivity index is 1.85. The van der Waals surface area contributed by atoms with E-state index in [1.54, 1.807) is 44.5 Å². The van der Waals surface area contributed by atoms with Crippen molar-refractivity contribution in [1.82, 2.24) is 15.4 Å². The van der Waals surface area contributed by atoms with E-state index >= 15 is 0 Å². The Hall–Kier alpha value is -2.29. The highest BCUT2D eigenvalue weighted by Gasteiger charge is 2.10. The van der Waals surface area contributed by atoms with Gasteiger partial charge in [0, 0.05) is 25.2 Å². The average Bonchev–Trinajstić information content (AvgIpc) is 2.71. The van der Waals surface area contributed by atoms with Gasteiger partial charge in [-0.05, 0) is 48.9 Å². The van der Waals surface area contributed by atoms with Gasteiger partial charge in [0.15, 0.2) is 5.96 Å². The van der Waals surface area contributed by atoms with Crippen LogP contribution < -0.4 is 20.1 Å². The van der Waals surface area contributed by atoms with Crippen molar-refractivity contribution in [2.24, 2.45) is 4.99 Å². The van der Waals surface area contributed by atoms with E-state index in [2.05, 4.69) is 20.3 Å². The van der Waals surface area contributed by atoms with Crippen LogP contribution in [-0.4, -0.2) is 42.1 Å². The second-order valence-electron chi connectivity index (χ2n) is 5.91. The fraction of sp³-hybridized carbons (Fsp3) is 0.316. The van der Waals surface area contributed by atoms with Crippen LogP contribution in [0.2, 0.25) is 5.02 Å². The molecule has 0 amide bonds. The summed E-state index contributed by atoms with van der Waals surface area (Å²) in [5, 5.41) is 7.10. The number of halogens is 1. The van der Waals surface area contributed by atoms with E-state index in [1.165, 1.54) is 7.05 Å². The van der Waals surface area contributed by atoms with Crippen LogP contribution >= 0.6 is 11.6 Å². The molecule has 2 aromatic carbocycles. The van der Waals surface area contributed by atoms with E-state index in [0.717, 1.165) is 23.3 Å². The number of benzene rings is 2. The number of sulfonamides is 1. The first-order valence-corrected chi connectivity index (χ1v) is 10.5. The first-order chi connectivity index (χ1) is 13.4. The minimum absolute atomic E-state index is 0.234. The molecule has 0 aliphatic heterocycles. The maximum Gasteiger partial charge on any atom is 0.240 e. The molecular weight excluding hydrogens is 400 g/mol. The summed E-state index contributed by atoms with van der Waals surface area (Å²) in [5.74, 6) is 1.38. The van der Waals surface area contributed by atoms with Crippen LogP contribution in [0.4, 0.5) is 0 Å². The second-order valence-corrected chi connectivity index (χ2v) is 8.21. The fourth-order valence-corrected chi connectivity index (χ4v) is 3.48. The van der Waals surface area contributed by atoms with Gasteiger partial charge in [0.1, 0.15) is 5.75 Å². The van der Waals surface area contributed by atoms with Gasteiger partial charge in [0.05, 0.1) is 12.0 Å². The summed E-state index contributed by atoms with van der Waals surface area (Å²) < 4.78 is 30.9. The van der Waals surface area contributed by atoms with Crippen molar-refractivity contribution >= 4 is 27.6 Å². The summed E-state index contributed by atoms with van der Waals surface area (Å²) in [4.78, 5) is 4.42. The van der Waals surface area contributed by atoms with Crippen LogP contribution in [0.25, 0.3) is 0 Å². The lowest BCUT2D eigenvalue weighted by atomic mass is 10.1. The number of guanidine groups is 1. The smallest absolute Gasteiger partial charge is 0.240 e. The second kappa shape index (κ2) is 10.3. The molecule has 0 radical (unpaired) electrons. The third-order valence-corrected chi connectivity index (χ3v) is 5.92. The van der Waals surface area contributed by atoms with Gasteiger partial charge >= 0.3 is 0 Å². The van der Waals surface area contributed by atoms with Crippen LogP contribution in [0.1, 0.15) is 11.1 Å². The van der Waals surface area contributed by atoms with Crippen molar-refractivity contribution in [3.05, 3.63) is 58.6 Å². The van der Waals surface area contributed by atoms with Gasteiger partial charge in [-0.25, -0.2) is 13.1 Å². The van der Waals surface area contributed by atoms with Gasteiger partial charge in [-0.2, -0.15) is 0 Å². The molecule has 2 aromatic rings. The third kappa shape index (κ3) is 6.12. The molecule has 0 aliphatic carbocycles. The number of methoxy groups -OCH3 is 1. The highest BCUT2D eigenvalue weighted by molar-refractivity contribution is 7.89. The zero-order chi connectivity index (χ0) is 20.6. The maximum atomic E-state index is 11.7. The van der Waals surface area contributed by atoms with Crippen molar-refractivity contribution in [3.63, 3.8) is 0 Å². The first kappa shape index (κ1) is 22.0. The normalized spacial score (nSPS) is 11.9. The van der Waals surface area contributed by atoms with E-state index in [-0.39, 0.29) is 4.90 Å². The molecule has 28 heavy (non-hydrogen) atoms. The Kier molecular flexibility index (Phi) is 8.10. The highest BCUT2D eigenvalue weighted by Crippen LogP contribution is 2.22. The van der Waals surface area contributed by atoms with Crippen LogP contribution in [0.15, 0.2) is 52.4 Å². The number of hydrogen-bond donors (Lipinski definition) is 3. The van der Waals surface area contributed by atoms with Gasteiger partial charge < -0.3 is 15.4 Å². The van der Waals surface area contributed by atoms with Crippen molar-refractivity contribution in [3.8, 4) is 5.75 Å². The number of aliphatic imine (C=N–C) groups is 1. The summed E-state index contributed by atoms with van der Waals surface area (Å²) in [7, 11) is 1.27. The minimum atomic E-state index is -3.42. The van der Waals surface area contributed by atoms with Crippen LogP contribution in [0.5, 0.6) is 5.75 Å². The van der Waals surface area contributed by atoms with E-state index in [1.807, 2.05) is 12.1 Å². The molecule has 7 nitrogen and oxygen atoms in total. The molecule has 0 heterocycles. The van der Waals surface area contributed by atoms with E-state index in [0.29, 0.717) is 24.1 Å². The number of hydrogen-bond acceptors (Lipinski definition) is 4. The SMILES string of the molecule is CN=C(NCCc1ccc(OC)cc1Cl)NCc1ccc(S(=O)(=O)NC)cc1. The van der Waals surface area contributed by atoms with Gasteiger partial charge in [-0.15, -0.1) is 0 Å². The monoisotopic (exact) mass is 424 g/mol. The topological polar surface area (TPSA) is 91.8 Å². The molecular formula is C19H25ClN4O3S. The number of nitrogens with zero attached hydrogens (tertiary/aromatic N) is 1. The highest BCUT2D eigenvalue weighted by atomic mass is 35.5. The van der Waals surface area contributed by atoms with E-state index in [4.69, 9.17) is 16.3 Å². The van der Waals surface area contributed by atoms with Crippen molar-refractivity contribution in [1.29, 1.82) is 0 Å². The Labute approximate surface area is 171 Å². The van der Waals surface area contributed by atoms with Gasteiger partial charge in [-0.1, -0.05) is 29.8 Å². The standard InChI is InChI=1S/C19H25ClN4O3S/c1-21-19(23-11-10-15-6-7-16(27-3)12-18(15)20)24-13-14-4-8-17(9-5-14)28(25,26)22-2/h4-9,12,22H,10-11,13H2,1-3H3,(H2,21,23,24). The Morgan fingerprint density at radius 1 is 1.14 bits per heavy atom. The van der Waals surface area contributed by atoms with Gasteiger partial charge in [0.2, 0.25) is 10.0 Å². The molecule has 2 rings (SSSR count). The molecule has 3 N–H and O–H groups in total. The quantitative estimate of drug-likeness (QED) is 0.446. The summed E-state index contributed by atoms with van der Waals surface area (Å²) in [6.45, 7) is 1.17. The number of nitrogens with one attached hydrogen (secondary N) is 3. The molecule has 0 spiro atoms. The summed E-state index contributed by atoms with van der Waals surface area (Å²) in [5.41, 5.74) is 1.96. The van der Waals surface area contributed by atoms with Crippen LogP contribution in [-0.2, 0) is 23.0 Å². The zero-order valence-corrected chi connectivity index (χ0v) is 17.7. The minimum Gasteiger partial charge on any atom is -0.497 e. The van der Waals surface area contributed by atoms with E-state index < -0.39 is 10.0 Å². The Morgan fingerprint density at radius 3 is 2.43 bits per heavy atom. The lowest BCUT2D eigenvalue weighted by molar-refractivity contribution is 0.414. The molecule has 0 aromatic heterocycles. The molecule has 0 fully saturated rings. The third-order valence-electron chi connectivity index (χ3n) is 4.13. The molecule has 0 unspecified atom stereocenters. The fourth-order valence-electron chi connectivity index (χ4n) is 2.48. The van der Waals surface area contributed by atoms with E-state index in [9.17, 15) is 8.42 Å². The molecule has 0 saturated carbocycles. The molecule has 0 bridgehead atoms. The van der Waals surface area contributed by atoms with Crippen molar-refractivity contribution < 1.29 is 13.2 Å². The predicted octanol–water partition coefficient (Wildman–Crippen LogP) is 2.16. The summed E-state index contributed by atoms with van der Waals surface area (Å²) in [6, 6.07) is 12.3. The number of ether oxygens (including phenoxy) is 1. The summed E-state index contributed by atoms with van der Waals surface area (Å²) in [6.07, 6.45) is 0.736. The lowest BCUT2D eigenvalue weighted by Crippen LogP contribution is -2.37. The van der Waals surface area contributed by atoms with Crippen molar-refractivity contribution in [2.45, 2.75) is 17.9 Å². The van der Waals surface area contributed by atoms with Crippen LogP contribution in [0, 0.1) is 0 Å². The lowest BCUT2D eigenvalue weighted by Gasteiger charge is -2.13. The predicted molar refractivity (Wildman–Crippen MR) is 113 cm³/mol.